The van der Waals surface area contributed by atoms with E-state index < -0.39 is 0 Å². The second-order valence-corrected chi connectivity index (χ2v) is 5.24. The van der Waals surface area contributed by atoms with Crippen molar-refractivity contribution in [2.24, 2.45) is 0 Å². The zero-order valence-corrected chi connectivity index (χ0v) is 12.7. The quantitative estimate of drug-likeness (QED) is 0.822. The maximum Gasteiger partial charge on any atom is 0.160 e. The molecule has 1 aromatic rings. The third-order valence-corrected chi connectivity index (χ3v) is 3.46. The number of benzene rings is 1. The fourth-order valence-corrected chi connectivity index (χ4v) is 2.04. The molecule has 0 spiro atoms. The van der Waals surface area contributed by atoms with Crippen molar-refractivity contribution in [1.29, 1.82) is 0 Å². The van der Waals surface area contributed by atoms with E-state index in [-0.39, 0.29) is 5.75 Å². The molecule has 0 heterocycles. The highest BCUT2D eigenvalue weighted by Gasteiger charge is 2.13. The van der Waals surface area contributed by atoms with Crippen LogP contribution >= 0.6 is 0 Å². The fourth-order valence-electron chi connectivity index (χ4n) is 2.04. The molecule has 1 atom stereocenters. The van der Waals surface area contributed by atoms with Crippen molar-refractivity contribution in [1.82, 2.24) is 9.80 Å². The van der Waals surface area contributed by atoms with Gasteiger partial charge in [0.05, 0.1) is 7.11 Å². The lowest BCUT2D eigenvalue weighted by Crippen LogP contribution is -2.26. The van der Waals surface area contributed by atoms with Crippen LogP contribution < -0.4 is 4.74 Å². The minimum absolute atomic E-state index is 0.189. The largest absolute Gasteiger partial charge is 0.504 e. The molecule has 0 aliphatic carbocycles. The molecule has 0 aromatic heterocycles. The van der Waals surface area contributed by atoms with Gasteiger partial charge in [-0.3, -0.25) is 4.90 Å². The molecule has 4 nitrogen and oxygen atoms in total. The molecule has 108 valence electrons. The summed E-state index contributed by atoms with van der Waals surface area (Å²) in [4.78, 5) is 4.51. The van der Waals surface area contributed by atoms with E-state index >= 15 is 0 Å². The molecule has 1 unspecified atom stereocenters. The van der Waals surface area contributed by atoms with Crippen molar-refractivity contribution in [3.8, 4) is 11.5 Å². The summed E-state index contributed by atoms with van der Waals surface area (Å²) in [6.07, 6.45) is 1.14. The number of nitrogens with zero attached hydrogens (tertiary/aromatic N) is 2. The Labute approximate surface area is 116 Å². The Kier molecular flexibility index (Phi) is 6.12. The second kappa shape index (κ2) is 7.36. The van der Waals surface area contributed by atoms with Crippen LogP contribution in [0, 0.1) is 0 Å². The first kappa shape index (κ1) is 15.8. The average Bonchev–Trinajstić information content (AvgIpc) is 2.38. The standard InChI is InChI=1S/C15H26N2O2/c1-12(17(4)10-6-9-16(2)3)13-7-8-14(18)15(11-13)19-5/h7-8,11-12,18H,6,9-10H2,1-5H3. The summed E-state index contributed by atoms with van der Waals surface area (Å²) >= 11 is 0. The highest BCUT2D eigenvalue weighted by molar-refractivity contribution is 5.42. The number of methoxy groups -OCH3 is 1. The summed E-state index contributed by atoms with van der Waals surface area (Å²) in [6.45, 7) is 4.31. The molecule has 19 heavy (non-hydrogen) atoms. The molecule has 4 heteroatoms. The molecule has 0 radical (unpaired) electrons. The van der Waals surface area contributed by atoms with Crippen LogP contribution in [0.5, 0.6) is 11.5 Å². The van der Waals surface area contributed by atoms with Crippen molar-refractivity contribution in [3.05, 3.63) is 23.8 Å². The van der Waals surface area contributed by atoms with Gasteiger partial charge in [-0.2, -0.15) is 0 Å². The van der Waals surface area contributed by atoms with Crippen LogP contribution in [0.4, 0.5) is 0 Å². The lowest BCUT2D eigenvalue weighted by Gasteiger charge is -2.26. The first-order valence-electron chi connectivity index (χ1n) is 6.67. The fraction of sp³-hybridized carbons (Fsp3) is 0.600. The normalized spacial score (nSPS) is 13.0. The molecule has 0 amide bonds. The third-order valence-electron chi connectivity index (χ3n) is 3.46. The van der Waals surface area contributed by atoms with E-state index in [1.165, 1.54) is 0 Å². The Morgan fingerprint density at radius 3 is 2.47 bits per heavy atom. The van der Waals surface area contributed by atoms with E-state index in [0.717, 1.165) is 25.1 Å². The van der Waals surface area contributed by atoms with Crippen LogP contribution in [0.25, 0.3) is 0 Å². The van der Waals surface area contributed by atoms with Gasteiger partial charge < -0.3 is 14.7 Å². The van der Waals surface area contributed by atoms with Crippen molar-refractivity contribution in [2.45, 2.75) is 19.4 Å². The van der Waals surface area contributed by atoms with E-state index in [1.54, 1.807) is 13.2 Å². The van der Waals surface area contributed by atoms with Crippen LogP contribution in [-0.2, 0) is 0 Å². The Hall–Kier alpha value is -1.26. The van der Waals surface area contributed by atoms with Crippen LogP contribution in [-0.4, -0.2) is 56.2 Å². The van der Waals surface area contributed by atoms with E-state index in [2.05, 4.69) is 37.9 Å². The Bertz CT molecular complexity index is 394. The molecule has 0 saturated heterocycles. The lowest BCUT2D eigenvalue weighted by atomic mass is 10.1. The number of aromatic hydroxyl groups is 1. The minimum Gasteiger partial charge on any atom is -0.504 e. The van der Waals surface area contributed by atoms with Crippen molar-refractivity contribution in [3.63, 3.8) is 0 Å². The Morgan fingerprint density at radius 1 is 1.21 bits per heavy atom. The first-order valence-corrected chi connectivity index (χ1v) is 6.67. The third kappa shape index (κ3) is 4.73. The number of ether oxygens (including phenoxy) is 1. The second-order valence-electron chi connectivity index (χ2n) is 5.24. The number of phenolic OH excluding ortho intramolecular Hbond substituents is 1. The number of hydrogen-bond donors (Lipinski definition) is 1. The maximum atomic E-state index is 9.61. The van der Waals surface area contributed by atoms with Gasteiger partial charge in [0.2, 0.25) is 0 Å². The van der Waals surface area contributed by atoms with Crippen molar-refractivity contribution in [2.75, 3.05) is 41.3 Å². The smallest absolute Gasteiger partial charge is 0.160 e. The van der Waals surface area contributed by atoms with E-state index in [0.29, 0.717) is 11.8 Å². The van der Waals surface area contributed by atoms with Gasteiger partial charge in [0.15, 0.2) is 11.5 Å². The zero-order chi connectivity index (χ0) is 14.4. The van der Waals surface area contributed by atoms with E-state index in [9.17, 15) is 5.11 Å². The molecule has 1 N–H and O–H groups in total. The summed E-state index contributed by atoms with van der Waals surface area (Å²) in [5.74, 6) is 0.722. The van der Waals surface area contributed by atoms with Crippen LogP contribution in [0.1, 0.15) is 24.9 Å². The molecule has 1 rings (SSSR count). The van der Waals surface area contributed by atoms with E-state index in [4.69, 9.17) is 4.74 Å². The first-order chi connectivity index (χ1) is 8.95. The van der Waals surface area contributed by atoms with Gasteiger partial charge in [0.1, 0.15) is 0 Å². The topological polar surface area (TPSA) is 35.9 Å². The predicted octanol–water partition coefficient (Wildman–Crippen LogP) is 2.35. The summed E-state index contributed by atoms with van der Waals surface area (Å²) < 4.78 is 5.15. The maximum absolute atomic E-state index is 9.61. The van der Waals surface area contributed by atoms with Crippen molar-refractivity contribution >= 4 is 0 Å². The SMILES string of the molecule is COc1cc(C(C)N(C)CCCN(C)C)ccc1O. The van der Waals surface area contributed by atoms with Gasteiger partial charge in [0, 0.05) is 6.04 Å². The lowest BCUT2D eigenvalue weighted by molar-refractivity contribution is 0.244. The van der Waals surface area contributed by atoms with Gasteiger partial charge in [0.25, 0.3) is 0 Å². The Morgan fingerprint density at radius 2 is 1.89 bits per heavy atom. The highest BCUT2D eigenvalue weighted by Crippen LogP contribution is 2.30. The molecular formula is C15H26N2O2. The number of hydrogen-bond acceptors (Lipinski definition) is 4. The van der Waals surface area contributed by atoms with Crippen LogP contribution in [0.15, 0.2) is 18.2 Å². The average molecular weight is 266 g/mol. The molecule has 0 aliphatic rings. The number of rotatable bonds is 7. The molecule has 0 bridgehead atoms. The zero-order valence-electron chi connectivity index (χ0n) is 12.7. The minimum atomic E-state index is 0.189. The summed E-state index contributed by atoms with van der Waals surface area (Å²) in [5.41, 5.74) is 1.15. The van der Waals surface area contributed by atoms with Crippen LogP contribution in [0.3, 0.4) is 0 Å². The summed E-state index contributed by atoms with van der Waals surface area (Å²) in [6, 6.07) is 5.85. The van der Waals surface area contributed by atoms with Gasteiger partial charge in [-0.1, -0.05) is 6.07 Å². The van der Waals surface area contributed by atoms with Crippen molar-refractivity contribution < 1.29 is 9.84 Å². The monoisotopic (exact) mass is 266 g/mol. The van der Waals surface area contributed by atoms with E-state index in [1.807, 2.05) is 12.1 Å². The van der Waals surface area contributed by atoms with Gasteiger partial charge in [-0.15, -0.1) is 0 Å². The van der Waals surface area contributed by atoms with Crippen LogP contribution in [0.2, 0.25) is 0 Å². The molecular weight excluding hydrogens is 240 g/mol. The molecule has 1 aromatic carbocycles. The van der Waals surface area contributed by atoms with Gasteiger partial charge in [-0.05, 0) is 65.3 Å². The highest BCUT2D eigenvalue weighted by atomic mass is 16.5. The molecule has 0 aliphatic heterocycles. The predicted molar refractivity (Wildman–Crippen MR) is 78.9 cm³/mol. The molecule has 0 fully saturated rings. The van der Waals surface area contributed by atoms with Gasteiger partial charge >= 0.3 is 0 Å². The summed E-state index contributed by atoms with van der Waals surface area (Å²) in [5, 5.41) is 9.61. The summed E-state index contributed by atoms with van der Waals surface area (Å²) in [7, 11) is 7.88. The molecule has 0 saturated carbocycles. The Balaban J connectivity index is 2.63. The van der Waals surface area contributed by atoms with Gasteiger partial charge in [-0.25, -0.2) is 0 Å². The number of phenols is 1.